The molecule has 1 aromatic rings. The molecule has 3 rings (SSSR count). The molecule has 0 saturated heterocycles. The van der Waals surface area contributed by atoms with Crippen molar-refractivity contribution in [2.75, 3.05) is 6.61 Å². The van der Waals surface area contributed by atoms with Crippen molar-refractivity contribution < 1.29 is 4.74 Å². The fraction of sp³-hybridized carbons (Fsp3) is 0.571. The zero-order chi connectivity index (χ0) is 10.3. The van der Waals surface area contributed by atoms with Gasteiger partial charge in [-0.25, -0.2) is 0 Å². The van der Waals surface area contributed by atoms with Crippen LogP contribution in [-0.2, 0) is 0 Å². The highest BCUT2D eigenvalue weighted by atomic mass is 16.5. The Morgan fingerprint density at radius 1 is 1.20 bits per heavy atom. The Bertz CT molecular complexity index is 370. The van der Waals surface area contributed by atoms with Crippen molar-refractivity contribution in [3.8, 4) is 5.75 Å². The first-order chi connectivity index (χ1) is 7.33. The first-order valence-corrected chi connectivity index (χ1v) is 6.06. The van der Waals surface area contributed by atoms with E-state index in [0.717, 1.165) is 24.2 Å². The van der Waals surface area contributed by atoms with E-state index >= 15 is 0 Å². The quantitative estimate of drug-likeness (QED) is 0.624. The van der Waals surface area contributed by atoms with Gasteiger partial charge in [-0.05, 0) is 56.1 Å². The summed E-state index contributed by atoms with van der Waals surface area (Å²) >= 11 is 0. The Morgan fingerprint density at radius 3 is 3.07 bits per heavy atom. The van der Waals surface area contributed by atoms with E-state index in [1.54, 1.807) is 0 Å². The number of rotatable bonds is 0. The van der Waals surface area contributed by atoms with Crippen LogP contribution in [0.2, 0.25) is 0 Å². The topological polar surface area (TPSA) is 9.23 Å². The predicted octanol–water partition coefficient (Wildman–Crippen LogP) is 3.66. The number of aryl methyl sites for hydroxylation is 1. The molecule has 2 atom stereocenters. The van der Waals surface area contributed by atoms with Gasteiger partial charge in [0.1, 0.15) is 5.75 Å². The van der Waals surface area contributed by atoms with Gasteiger partial charge in [0.2, 0.25) is 0 Å². The minimum absolute atomic E-state index is 0.769. The molecule has 1 aromatic carbocycles. The Balaban J connectivity index is 2.03. The fourth-order valence-electron chi connectivity index (χ4n) is 3.07. The fourth-order valence-corrected chi connectivity index (χ4v) is 3.07. The molecule has 1 saturated carbocycles. The molecular formula is C14H18O. The summed E-state index contributed by atoms with van der Waals surface area (Å²) in [5.41, 5.74) is 2.83. The van der Waals surface area contributed by atoms with Crippen LogP contribution in [0.5, 0.6) is 5.75 Å². The van der Waals surface area contributed by atoms with Crippen molar-refractivity contribution in [2.24, 2.45) is 5.92 Å². The molecule has 2 bridgehead atoms. The zero-order valence-electron chi connectivity index (χ0n) is 9.33. The van der Waals surface area contributed by atoms with Crippen molar-refractivity contribution in [1.82, 2.24) is 0 Å². The summed E-state index contributed by atoms with van der Waals surface area (Å²) in [6.07, 6.45) is 5.41. The molecule has 2 aliphatic rings. The maximum Gasteiger partial charge on any atom is 0.122 e. The first-order valence-electron chi connectivity index (χ1n) is 6.06. The van der Waals surface area contributed by atoms with Crippen LogP contribution in [0.3, 0.4) is 0 Å². The van der Waals surface area contributed by atoms with Gasteiger partial charge in [0.15, 0.2) is 0 Å². The molecule has 0 N–H and O–H groups in total. The number of hydrogen-bond acceptors (Lipinski definition) is 1. The smallest absolute Gasteiger partial charge is 0.122 e. The zero-order valence-corrected chi connectivity index (χ0v) is 9.33. The maximum absolute atomic E-state index is 5.86. The third-order valence-electron chi connectivity index (χ3n) is 3.93. The van der Waals surface area contributed by atoms with Gasteiger partial charge in [-0.2, -0.15) is 0 Å². The number of fused-ring (bicyclic) bond motifs is 4. The van der Waals surface area contributed by atoms with Crippen LogP contribution < -0.4 is 4.74 Å². The van der Waals surface area contributed by atoms with E-state index in [2.05, 4.69) is 25.1 Å². The first kappa shape index (κ1) is 9.26. The molecule has 0 aromatic heterocycles. The average molecular weight is 202 g/mol. The summed E-state index contributed by atoms with van der Waals surface area (Å²) in [5.74, 6) is 2.83. The summed E-state index contributed by atoms with van der Waals surface area (Å²) in [4.78, 5) is 0. The Hall–Kier alpha value is -0.980. The average Bonchev–Trinajstić information content (AvgIpc) is 2.68. The lowest BCUT2D eigenvalue weighted by molar-refractivity contribution is 0.267. The Kier molecular flexibility index (Phi) is 2.19. The highest BCUT2D eigenvalue weighted by Gasteiger charge is 2.29. The molecule has 0 radical (unpaired) electrons. The lowest BCUT2D eigenvalue weighted by atomic mass is 9.92. The van der Waals surface area contributed by atoms with Gasteiger partial charge in [0.05, 0.1) is 6.61 Å². The second-order valence-corrected chi connectivity index (χ2v) is 5.05. The van der Waals surface area contributed by atoms with Crippen molar-refractivity contribution in [2.45, 2.75) is 38.5 Å². The maximum atomic E-state index is 5.86. The van der Waals surface area contributed by atoms with Crippen LogP contribution in [0, 0.1) is 12.8 Å². The summed E-state index contributed by atoms with van der Waals surface area (Å²) in [6.45, 7) is 3.08. The third kappa shape index (κ3) is 1.64. The molecule has 1 aliphatic carbocycles. The SMILES string of the molecule is Cc1ccc2c(c1)C1CCC(CCO2)C1. The number of hydrogen-bond donors (Lipinski definition) is 0. The van der Waals surface area contributed by atoms with Crippen LogP contribution in [0.15, 0.2) is 18.2 Å². The monoisotopic (exact) mass is 202 g/mol. The molecule has 1 aliphatic heterocycles. The molecule has 1 heteroatoms. The van der Waals surface area contributed by atoms with Gasteiger partial charge >= 0.3 is 0 Å². The van der Waals surface area contributed by atoms with E-state index < -0.39 is 0 Å². The van der Waals surface area contributed by atoms with E-state index in [0.29, 0.717) is 0 Å². The van der Waals surface area contributed by atoms with Gasteiger partial charge in [-0.1, -0.05) is 17.7 Å². The van der Waals surface area contributed by atoms with Crippen LogP contribution in [0.1, 0.15) is 42.7 Å². The van der Waals surface area contributed by atoms with E-state index in [4.69, 9.17) is 4.74 Å². The predicted molar refractivity (Wildman–Crippen MR) is 61.4 cm³/mol. The van der Waals surface area contributed by atoms with Crippen molar-refractivity contribution in [3.63, 3.8) is 0 Å². The van der Waals surface area contributed by atoms with Gasteiger partial charge in [-0.3, -0.25) is 0 Å². The third-order valence-corrected chi connectivity index (χ3v) is 3.93. The van der Waals surface area contributed by atoms with Crippen molar-refractivity contribution >= 4 is 0 Å². The van der Waals surface area contributed by atoms with Crippen LogP contribution in [0.4, 0.5) is 0 Å². The second kappa shape index (κ2) is 3.55. The van der Waals surface area contributed by atoms with Gasteiger partial charge in [0, 0.05) is 0 Å². The van der Waals surface area contributed by atoms with E-state index in [1.807, 2.05) is 0 Å². The van der Waals surface area contributed by atoms with Gasteiger partial charge in [-0.15, -0.1) is 0 Å². The van der Waals surface area contributed by atoms with E-state index in [-0.39, 0.29) is 0 Å². The van der Waals surface area contributed by atoms with E-state index in [9.17, 15) is 0 Å². The summed E-state index contributed by atoms with van der Waals surface area (Å²) < 4.78 is 5.86. The highest BCUT2D eigenvalue weighted by Crippen LogP contribution is 2.44. The minimum Gasteiger partial charge on any atom is -0.493 e. The summed E-state index contributed by atoms with van der Waals surface area (Å²) in [7, 11) is 0. The number of ether oxygens (including phenoxy) is 1. The molecule has 0 amide bonds. The van der Waals surface area contributed by atoms with Crippen molar-refractivity contribution in [1.29, 1.82) is 0 Å². The minimum atomic E-state index is 0.769. The molecule has 80 valence electrons. The molecule has 2 unspecified atom stereocenters. The normalized spacial score (nSPS) is 28.9. The van der Waals surface area contributed by atoms with Crippen LogP contribution in [-0.4, -0.2) is 6.61 Å². The molecule has 15 heavy (non-hydrogen) atoms. The highest BCUT2D eigenvalue weighted by molar-refractivity contribution is 5.40. The summed E-state index contributed by atoms with van der Waals surface area (Å²) in [6, 6.07) is 6.64. The molecule has 1 heterocycles. The second-order valence-electron chi connectivity index (χ2n) is 5.05. The lowest BCUT2D eigenvalue weighted by Crippen LogP contribution is -2.09. The van der Waals surface area contributed by atoms with Gasteiger partial charge < -0.3 is 4.74 Å². The van der Waals surface area contributed by atoms with Crippen molar-refractivity contribution in [3.05, 3.63) is 29.3 Å². The summed E-state index contributed by atoms with van der Waals surface area (Å²) in [5, 5.41) is 0. The molecule has 0 spiro atoms. The Morgan fingerprint density at radius 2 is 2.13 bits per heavy atom. The van der Waals surface area contributed by atoms with E-state index in [1.165, 1.54) is 36.8 Å². The van der Waals surface area contributed by atoms with Gasteiger partial charge in [0.25, 0.3) is 0 Å². The van der Waals surface area contributed by atoms with Crippen LogP contribution in [0.25, 0.3) is 0 Å². The molecular weight excluding hydrogens is 184 g/mol. The Labute approximate surface area is 91.5 Å². The number of benzene rings is 1. The van der Waals surface area contributed by atoms with Crippen LogP contribution >= 0.6 is 0 Å². The lowest BCUT2D eigenvalue weighted by Gasteiger charge is -2.21. The largest absolute Gasteiger partial charge is 0.493 e. The molecule has 1 nitrogen and oxygen atoms in total. The molecule has 1 fully saturated rings. The standard InChI is InChI=1S/C14H18O/c1-10-2-5-14-13(8-10)12-4-3-11(9-12)6-7-15-14/h2,5,8,11-12H,3-4,6-7,9H2,1H3.